The van der Waals surface area contributed by atoms with Gasteiger partial charge in [-0.25, -0.2) is 4.98 Å². The quantitative estimate of drug-likeness (QED) is 0.799. The first-order valence-corrected chi connectivity index (χ1v) is 8.93. The molecule has 5 nitrogen and oxygen atoms in total. The second-order valence-corrected chi connectivity index (χ2v) is 6.95. The molecule has 1 aliphatic carbocycles. The van der Waals surface area contributed by atoms with Gasteiger partial charge in [-0.05, 0) is 39.0 Å². The third kappa shape index (κ3) is 3.16. The number of amides is 1. The van der Waals surface area contributed by atoms with Crippen molar-refractivity contribution >= 4 is 23.2 Å². The van der Waals surface area contributed by atoms with Crippen molar-refractivity contribution in [2.24, 2.45) is 11.8 Å². The van der Waals surface area contributed by atoms with Crippen LogP contribution in [0.25, 0.3) is 0 Å². The Bertz CT molecular complexity index is 549. The van der Waals surface area contributed by atoms with Gasteiger partial charge in [0, 0.05) is 23.9 Å². The zero-order valence-corrected chi connectivity index (χ0v) is 13.7. The number of aryl methyl sites for hydroxylation is 1. The minimum absolute atomic E-state index is 0.0385. The zero-order chi connectivity index (χ0) is 15.5. The summed E-state index contributed by atoms with van der Waals surface area (Å²) in [5.41, 5.74) is 3.05. The van der Waals surface area contributed by atoms with Crippen molar-refractivity contribution in [3.8, 4) is 0 Å². The van der Waals surface area contributed by atoms with Crippen LogP contribution in [0.4, 0.5) is 0 Å². The van der Waals surface area contributed by atoms with Gasteiger partial charge >= 0.3 is 5.97 Å². The Morgan fingerprint density at radius 3 is 2.82 bits per heavy atom. The van der Waals surface area contributed by atoms with Crippen LogP contribution in [0.5, 0.6) is 0 Å². The summed E-state index contributed by atoms with van der Waals surface area (Å²) in [5, 5.41) is 0. The molecule has 0 bridgehead atoms. The number of carbonyl (C=O) groups is 2. The molecule has 1 aromatic rings. The van der Waals surface area contributed by atoms with E-state index in [1.807, 2.05) is 17.3 Å². The maximum absolute atomic E-state index is 12.7. The molecule has 1 aliphatic heterocycles. The summed E-state index contributed by atoms with van der Waals surface area (Å²) >= 11 is 1.66. The van der Waals surface area contributed by atoms with Crippen LogP contribution in [0.2, 0.25) is 0 Å². The lowest BCUT2D eigenvalue weighted by molar-refractivity contribution is -0.151. The largest absolute Gasteiger partial charge is 0.466 e. The van der Waals surface area contributed by atoms with E-state index in [1.54, 1.807) is 11.3 Å². The summed E-state index contributed by atoms with van der Waals surface area (Å²) in [5.74, 6) is 0.193. The van der Waals surface area contributed by atoms with Gasteiger partial charge in [0.15, 0.2) is 0 Å². The van der Waals surface area contributed by atoms with E-state index in [9.17, 15) is 9.59 Å². The van der Waals surface area contributed by atoms with E-state index in [0.717, 1.165) is 32.1 Å². The van der Waals surface area contributed by atoms with E-state index in [1.165, 1.54) is 10.6 Å². The lowest BCUT2D eigenvalue weighted by Gasteiger charge is -2.34. The Kier molecular flexibility index (Phi) is 4.76. The number of carbonyl (C=O) groups excluding carboxylic acids is 2. The fraction of sp³-hybridized carbons (Fsp3) is 0.688. The third-order valence-corrected chi connectivity index (χ3v) is 5.56. The van der Waals surface area contributed by atoms with Crippen LogP contribution in [0.1, 0.15) is 36.8 Å². The second-order valence-electron chi connectivity index (χ2n) is 6.01. The van der Waals surface area contributed by atoms with Gasteiger partial charge in [-0.2, -0.15) is 0 Å². The summed E-state index contributed by atoms with van der Waals surface area (Å²) in [6.07, 6.45) is 4.09. The van der Waals surface area contributed by atoms with Crippen LogP contribution in [-0.4, -0.2) is 41.5 Å². The molecular formula is C16H22N2O3S. The maximum atomic E-state index is 12.7. The van der Waals surface area contributed by atoms with Gasteiger partial charge in [0.05, 0.1) is 23.7 Å². The number of nitrogens with zero attached hydrogens (tertiary/aromatic N) is 2. The van der Waals surface area contributed by atoms with Crippen LogP contribution < -0.4 is 0 Å². The minimum atomic E-state index is -0.110. The molecule has 0 saturated carbocycles. The number of esters is 1. The SMILES string of the molecule is CCOC(=O)C1CCN(C(=O)C2CCc3ncsc3C2)CC1. The van der Waals surface area contributed by atoms with Crippen LogP contribution in [0, 0.1) is 11.8 Å². The number of thiazole rings is 1. The monoisotopic (exact) mass is 322 g/mol. The normalized spacial score (nSPS) is 22.2. The number of piperidine rings is 1. The summed E-state index contributed by atoms with van der Waals surface area (Å²) in [6, 6.07) is 0. The molecule has 3 rings (SSSR count). The molecule has 6 heteroatoms. The summed E-state index contributed by atoms with van der Waals surface area (Å²) in [4.78, 5) is 32.0. The number of hydrogen-bond donors (Lipinski definition) is 0. The van der Waals surface area contributed by atoms with Crippen molar-refractivity contribution in [1.82, 2.24) is 9.88 Å². The second kappa shape index (κ2) is 6.77. The van der Waals surface area contributed by atoms with Gasteiger partial charge in [-0.1, -0.05) is 0 Å². The molecule has 0 aromatic carbocycles. The molecule has 1 amide bonds. The predicted molar refractivity (Wildman–Crippen MR) is 83.6 cm³/mol. The maximum Gasteiger partial charge on any atom is 0.309 e. The standard InChI is InChI=1S/C16H22N2O3S/c1-2-21-16(20)11-5-7-18(8-6-11)15(19)12-3-4-13-14(9-12)22-10-17-13/h10-12H,2-9H2,1H3. The van der Waals surface area contributed by atoms with Gasteiger partial charge in [-0.3, -0.25) is 9.59 Å². The minimum Gasteiger partial charge on any atom is -0.466 e. The smallest absolute Gasteiger partial charge is 0.309 e. The van der Waals surface area contributed by atoms with Crippen molar-refractivity contribution in [3.05, 3.63) is 16.1 Å². The Morgan fingerprint density at radius 1 is 1.32 bits per heavy atom. The zero-order valence-electron chi connectivity index (χ0n) is 12.9. The van der Waals surface area contributed by atoms with Crippen LogP contribution in [0.15, 0.2) is 5.51 Å². The average molecular weight is 322 g/mol. The van der Waals surface area contributed by atoms with Gasteiger partial charge in [-0.15, -0.1) is 11.3 Å². The first-order chi connectivity index (χ1) is 10.7. The molecule has 2 heterocycles. The topological polar surface area (TPSA) is 59.5 Å². The number of fused-ring (bicyclic) bond motifs is 1. The van der Waals surface area contributed by atoms with E-state index in [0.29, 0.717) is 19.7 Å². The van der Waals surface area contributed by atoms with Crippen LogP contribution in [-0.2, 0) is 27.2 Å². The average Bonchev–Trinajstić information content (AvgIpc) is 3.02. The molecule has 1 fully saturated rings. The first-order valence-electron chi connectivity index (χ1n) is 8.05. The van der Waals surface area contributed by atoms with Gasteiger partial charge in [0.1, 0.15) is 0 Å². The predicted octanol–water partition coefficient (Wildman–Crippen LogP) is 2.05. The highest BCUT2D eigenvalue weighted by Gasteiger charge is 2.33. The number of likely N-dealkylation sites (tertiary alicyclic amines) is 1. The summed E-state index contributed by atoms with van der Waals surface area (Å²) in [6.45, 7) is 3.60. The Labute approximate surface area is 134 Å². The molecule has 2 aliphatic rings. The molecule has 22 heavy (non-hydrogen) atoms. The molecule has 1 saturated heterocycles. The van der Waals surface area contributed by atoms with Gasteiger partial charge in [0.2, 0.25) is 5.91 Å². The Morgan fingerprint density at radius 2 is 2.09 bits per heavy atom. The van der Waals surface area contributed by atoms with E-state index < -0.39 is 0 Å². The van der Waals surface area contributed by atoms with Crippen molar-refractivity contribution < 1.29 is 14.3 Å². The number of rotatable bonds is 3. The fourth-order valence-corrected chi connectivity index (χ4v) is 4.26. The highest BCUT2D eigenvalue weighted by atomic mass is 32.1. The molecule has 1 unspecified atom stereocenters. The Hall–Kier alpha value is -1.43. The van der Waals surface area contributed by atoms with Crippen LogP contribution >= 0.6 is 11.3 Å². The molecule has 0 spiro atoms. The Balaban J connectivity index is 1.53. The van der Waals surface area contributed by atoms with Crippen molar-refractivity contribution in [2.45, 2.75) is 39.0 Å². The molecule has 1 aromatic heterocycles. The third-order valence-electron chi connectivity index (χ3n) is 4.66. The lowest BCUT2D eigenvalue weighted by atomic mass is 9.88. The van der Waals surface area contributed by atoms with Crippen molar-refractivity contribution in [1.29, 1.82) is 0 Å². The lowest BCUT2D eigenvalue weighted by Crippen LogP contribution is -2.44. The highest BCUT2D eigenvalue weighted by Crippen LogP contribution is 2.30. The summed E-state index contributed by atoms with van der Waals surface area (Å²) in [7, 11) is 0. The molecule has 1 atom stereocenters. The molecule has 120 valence electrons. The van der Waals surface area contributed by atoms with Gasteiger partial charge < -0.3 is 9.64 Å². The van der Waals surface area contributed by atoms with E-state index in [2.05, 4.69) is 4.98 Å². The molecular weight excluding hydrogens is 300 g/mol. The molecule has 0 radical (unpaired) electrons. The number of aromatic nitrogens is 1. The van der Waals surface area contributed by atoms with Crippen LogP contribution in [0.3, 0.4) is 0 Å². The van der Waals surface area contributed by atoms with E-state index >= 15 is 0 Å². The first kappa shape index (κ1) is 15.5. The highest BCUT2D eigenvalue weighted by molar-refractivity contribution is 7.09. The van der Waals surface area contributed by atoms with E-state index in [-0.39, 0.29) is 23.7 Å². The van der Waals surface area contributed by atoms with E-state index in [4.69, 9.17) is 4.74 Å². The van der Waals surface area contributed by atoms with Gasteiger partial charge in [0.25, 0.3) is 0 Å². The fourth-order valence-electron chi connectivity index (χ4n) is 3.36. The summed E-state index contributed by atoms with van der Waals surface area (Å²) < 4.78 is 5.08. The van der Waals surface area contributed by atoms with Crippen molar-refractivity contribution in [3.63, 3.8) is 0 Å². The number of hydrogen-bond acceptors (Lipinski definition) is 5. The molecule has 0 N–H and O–H groups in total. The number of ether oxygens (including phenoxy) is 1. The van der Waals surface area contributed by atoms with Crippen molar-refractivity contribution in [2.75, 3.05) is 19.7 Å².